The molecule has 0 aliphatic carbocycles. The first kappa shape index (κ1) is 19.1. The summed E-state index contributed by atoms with van der Waals surface area (Å²) in [5.41, 5.74) is 0.301. The van der Waals surface area contributed by atoms with Crippen molar-refractivity contribution < 1.29 is 17.9 Å². The van der Waals surface area contributed by atoms with Gasteiger partial charge in [0.05, 0.1) is 28.3 Å². The lowest BCUT2D eigenvalue weighted by molar-refractivity contribution is -0.137. The third-order valence-electron chi connectivity index (χ3n) is 3.39. The molecule has 0 amide bonds. The zero-order chi connectivity index (χ0) is 18.6. The summed E-state index contributed by atoms with van der Waals surface area (Å²) >= 11 is 5.59. The number of alkyl halides is 3. The number of aliphatic imine (C=N–C) groups is 1. The average molecular weight is 372 g/mol. The van der Waals surface area contributed by atoms with E-state index in [0.29, 0.717) is 11.4 Å². The molecule has 0 spiro atoms. The number of hydrogen-bond acceptors (Lipinski definition) is 3. The molecule has 0 saturated carbocycles. The number of hydrogen-bond donors (Lipinski definition) is 0. The van der Waals surface area contributed by atoms with Crippen molar-refractivity contribution in [2.24, 2.45) is 4.99 Å². The Bertz CT molecular complexity index is 778. The maximum atomic E-state index is 12.9. The molecular weight excluding hydrogens is 355 g/mol. The van der Waals surface area contributed by atoms with Crippen LogP contribution < -0.4 is 4.74 Å². The second-order valence-electron chi connectivity index (χ2n) is 5.31. The second-order valence-corrected chi connectivity index (χ2v) is 5.72. The summed E-state index contributed by atoms with van der Waals surface area (Å²) in [4.78, 5) is 10.4. The van der Waals surface area contributed by atoms with Gasteiger partial charge in [-0.1, -0.05) is 11.6 Å². The van der Waals surface area contributed by atoms with Crippen molar-refractivity contribution in [3.63, 3.8) is 0 Å². The number of aryl methyl sites for hydroxylation is 1. The van der Waals surface area contributed by atoms with Crippen LogP contribution in [0.2, 0.25) is 5.02 Å². The lowest BCUT2D eigenvalue weighted by Gasteiger charge is -2.12. The predicted octanol–water partition coefficient (Wildman–Crippen LogP) is 5.47. The number of nitrogens with zero attached hydrogens (tertiary/aromatic N) is 3. The molecule has 0 aliphatic heterocycles. The molecule has 4 nitrogen and oxygen atoms in total. The Morgan fingerprint density at radius 1 is 1.28 bits per heavy atom. The minimum Gasteiger partial charge on any atom is -0.439 e. The minimum absolute atomic E-state index is 0.00518. The molecule has 0 bridgehead atoms. The summed E-state index contributed by atoms with van der Waals surface area (Å²) < 4.78 is 44.1. The van der Waals surface area contributed by atoms with E-state index in [1.54, 1.807) is 25.4 Å². The summed E-state index contributed by atoms with van der Waals surface area (Å²) in [6, 6.07) is 6.59. The van der Waals surface area contributed by atoms with Gasteiger partial charge in [-0.15, -0.1) is 0 Å². The summed E-state index contributed by atoms with van der Waals surface area (Å²) in [5.74, 6) is 0.182. The minimum atomic E-state index is -4.55. The lowest BCUT2D eigenvalue weighted by Crippen LogP contribution is -2.14. The number of rotatable bonds is 5. The maximum Gasteiger partial charge on any atom is 0.417 e. The Hall–Kier alpha value is -2.28. The van der Waals surface area contributed by atoms with E-state index in [-0.39, 0.29) is 16.7 Å². The van der Waals surface area contributed by atoms with E-state index in [1.807, 2.05) is 18.9 Å². The van der Waals surface area contributed by atoms with Crippen molar-refractivity contribution in [3.8, 4) is 11.6 Å². The van der Waals surface area contributed by atoms with Gasteiger partial charge in [-0.25, -0.2) is 9.98 Å². The van der Waals surface area contributed by atoms with Gasteiger partial charge < -0.3 is 9.64 Å². The van der Waals surface area contributed by atoms with Crippen LogP contribution in [-0.4, -0.2) is 29.8 Å². The van der Waals surface area contributed by atoms with Gasteiger partial charge >= 0.3 is 6.18 Å². The van der Waals surface area contributed by atoms with Crippen molar-refractivity contribution in [1.29, 1.82) is 0 Å². The van der Waals surface area contributed by atoms with E-state index in [9.17, 15) is 13.2 Å². The smallest absolute Gasteiger partial charge is 0.417 e. The number of pyridine rings is 1. The Kier molecular flexibility index (Phi) is 5.89. The topological polar surface area (TPSA) is 37.7 Å². The molecule has 0 aliphatic rings. The third kappa shape index (κ3) is 5.09. The van der Waals surface area contributed by atoms with Gasteiger partial charge in [-0.05, 0) is 38.1 Å². The summed E-state index contributed by atoms with van der Waals surface area (Å²) in [5, 5.41) is -0.381. The van der Waals surface area contributed by atoms with Crippen molar-refractivity contribution >= 4 is 23.6 Å². The van der Waals surface area contributed by atoms with Crippen LogP contribution in [0.3, 0.4) is 0 Å². The largest absolute Gasteiger partial charge is 0.439 e. The normalized spacial score (nSPS) is 11.8. The fraction of sp³-hybridized carbons (Fsp3) is 0.294. The molecule has 0 fully saturated rings. The Labute approximate surface area is 148 Å². The predicted molar refractivity (Wildman–Crippen MR) is 92.0 cm³/mol. The van der Waals surface area contributed by atoms with Crippen LogP contribution in [0.5, 0.6) is 11.6 Å². The molecule has 0 saturated heterocycles. The van der Waals surface area contributed by atoms with Crippen molar-refractivity contribution in [1.82, 2.24) is 9.88 Å². The van der Waals surface area contributed by atoms with Crippen LogP contribution in [0.1, 0.15) is 18.2 Å². The highest BCUT2D eigenvalue weighted by molar-refractivity contribution is 6.31. The van der Waals surface area contributed by atoms with E-state index in [4.69, 9.17) is 16.3 Å². The number of halogens is 4. The van der Waals surface area contributed by atoms with E-state index in [1.165, 1.54) is 6.07 Å². The summed E-state index contributed by atoms with van der Waals surface area (Å²) in [6.45, 7) is 4.55. The first-order valence-corrected chi connectivity index (χ1v) is 7.85. The molecule has 2 rings (SSSR count). The average Bonchev–Trinajstić information content (AvgIpc) is 2.54. The van der Waals surface area contributed by atoms with E-state index in [2.05, 4.69) is 9.98 Å². The second kappa shape index (κ2) is 7.74. The first-order chi connectivity index (χ1) is 11.7. The van der Waals surface area contributed by atoms with Gasteiger partial charge in [0.2, 0.25) is 5.88 Å². The van der Waals surface area contributed by atoms with E-state index < -0.39 is 11.7 Å². The Morgan fingerprint density at radius 3 is 2.60 bits per heavy atom. The molecule has 2 aromatic rings. The molecule has 1 aromatic carbocycles. The standard InChI is InChI=1S/C17H17ClF3N3O/c1-4-24(3)10-22-15-7-8-16(23-11(15)2)25-12-5-6-14(18)13(9-12)17(19,20)21/h5-10H,4H2,1-3H3/b22-10+. The van der Waals surface area contributed by atoms with Gasteiger partial charge in [-0.2, -0.15) is 13.2 Å². The molecule has 134 valence electrons. The highest BCUT2D eigenvalue weighted by atomic mass is 35.5. The van der Waals surface area contributed by atoms with E-state index in [0.717, 1.165) is 18.7 Å². The van der Waals surface area contributed by atoms with Crippen LogP contribution >= 0.6 is 11.6 Å². The monoisotopic (exact) mass is 371 g/mol. The molecule has 8 heteroatoms. The molecule has 1 aromatic heterocycles. The van der Waals surface area contributed by atoms with Crippen LogP contribution in [0, 0.1) is 6.92 Å². The zero-order valence-corrected chi connectivity index (χ0v) is 14.7. The van der Waals surface area contributed by atoms with Gasteiger partial charge in [-0.3, -0.25) is 0 Å². The van der Waals surface area contributed by atoms with Crippen LogP contribution in [-0.2, 0) is 6.18 Å². The summed E-state index contributed by atoms with van der Waals surface area (Å²) in [7, 11) is 1.89. The Morgan fingerprint density at radius 2 is 2.00 bits per heavy atom. The highest BCUT2D eigenvalue weighted by Gasteiger charge is 2.33. The molecular formula is C17H17ClF3N3O. The molecule has 0 N–H and O–H groups in total. The van der Waals surface area contributed by atoms with Gasteiger partial charge in [0.25, 0.3) is 0 Å². The molecule has 25 heavy (non-hydrogen) atoms. The van der Waals surface area contributed by atoms with Gasteiger partial charge in [0.1, 0.15) is 5.75 Å². The molecule has 0 radical (unpaired) electrons. The fourth-order valence-electron chi connectivity index (χ4n) is 1.87. The maximum absolute atomic E-state index is 12.9. The number of ether oxygens (including phenoxy) is 1. The van der Waals surface area contributed by atoms with Crippen LogP contribution in [0.15, 0.2) is 35.3 Å². The van der Waals surface area contributed by atoms with Crippen molar-refractivity contribution in [2.75, 3.05) is 13.6 Å². The van der Waals surface area contributed by atoms with Gasteiger partial charge in [0, 0.05) is 19.7 Å². The lowest BCUT2D eigenvalue weighted by atomic mass is 10.2. The quantitative estimate of drug-likeness (QED) is 0.517. The third-order valence-corrected chi connectivity index (χ3v) is 3.72. The molecule has 1 heterocycles. The number of aromatic nitrogens is 1. The van der Waals surface area contributed by atoms with Gasteiger partial charge in [0.15, 0.2) is 0 Å². The Balaban J connectivity index is 2.22. The van der Waals surface area contributed by atoms with Crippen LogP contribution in [0.25, 0.3) is 0 Å². The van der Waals surface area contributed by atoms with Crippen molar-refractivity contribution in [3.05, 3.63) is 46.6 Å². The molecule has 0 unspecified atom stereocenters. The summed E-state index contributed by atoms with van der Waals surface area (Å²) in [6.07, 6.45) is -2.87. The van der Waals surface area contributed by atoms with E-state index >= 15 is 0 Å². The van der Waals surface area contributed by atoms with Crippen molar-refractivity contribution in [2.45, 2.75) is 20.0 Å². The first-order valence-electron chi connectivity index (χ1n) is 7.47. The molecule has 0 atom stereocenters. The number of benzene rings is 1. The zero-order valence-electron chi connectivity index (χ0n) is 13.9. The highest BCUT2D eigenvalue weighted by Crippen LogP contribution is 2.37. The SMILES string of the molecule is CCN(C)/C=N/c1ccc(Oc2ccc(Cl)c(C(F)(F)F)c2)nc1C. The fourth-order valence-corrected chi connectivity index (χ4v) is 2.10. The van der Waals surface area contributed by atoms with Crippen LogP contribution in [0.4, 0.5) is 18.9 Å².